The highest BCUT2D eigenvalue weighted by atomic mass is 16.5. The largest absolute Gasteiger partial charge is 0.493 e. The molecule has 3 aromatic heterocycles. The number of H-pyrrole nitrogens is 1. The summed E-state index contributed by atoms with van der Waals surface area (Å²) in [5, 5.41) is 0. The van der Waals surface area contributed by atoms with Gasteiger partial charge in [-0.05, 0) is 120 Å². The molecule has 2 aliphatic heterocycles. The van der Waals surface area contributed by atoms with E-state index in [0.717, 1.165) is 78.2 Å². The lowest BCUT2D eigenvalue weighted by Gasteiger charge is -2.17. The van der Waals surface area contributed by atoms with Crippen molar-refractivity contribution < 1.29 is 37.9 Å². The van der Waals surface area contributed by atoms with E-state index in [0.29, 0.717) is 51.7 Å². The van der Waals surface area contributed by atoms with Gasteiger partial charge in [0.05, 0.1) is 96.4 Å². The van der Waals surface area contributed by atoms with Gasteiger partial charge >= 0.3 is 0 Å². The van der Waals surface area contributed by atoms with Gasteiger partial charge in [-0.25, -0.2) is 9.97 Å². The van der Waals surface area contributed by atoms with Crippen molar-refractivity contribution in [1.29, 1.82) is 0 Å². The summed E-state index contributed by atoms with van der Waals surface area (Å²) in [6, 6.07) is 33.9. The zero-order valence-corrected chi connectivity index (χ0v) is 36.7. The molecule has 0 amide bonds. The fourth-order valence-electron chi connectivity index (χ4n) is 8.36. The average Bonchev–Trinajstić information content (AvgIpc) is 4.16. The van der Waals surface area contributed by atoms with Crippen LogP contribution < -0.4 is 37.9 Å². The summed E-state index contributed by atoms with van der Waals surface area (Å²) in [6.07, 6.45) is 8.09. The number of hydrogen-bond donors (Lipinski definition) is 1. The quantitative estimate of drug-likeness (QED) is 0.127. The molecule has 4 aromatic carbocycles. The maximum atomic E-state index is 6.00. The Balaban J connectivity index is 1.63. The molecule has 9 rings (SSSR count). The van der Waals surface area contributed by atoms with Crippen molar-refractivity contribution in [1.82, 2.24) is 19.5 Å². The summed E-state index contributed by atoms with van der Waals surface area (Å²) in [5.41, 5.74) is 12.0. The van der Waals surface area contributed by atoms with Crippen LogP contribution in [0.15, 0.2) is 103 Å². The first kappa shape index (κ1) is 41.2. The van der Waals surface area contributed by atoms with E-state index >= 15 is 0 Å². The van der Waals surface area contributed by atoms with Gasteiger partial charge < -0.3 is 47.4 Å². The van der Waals surface area contributed by atoms with Crippen molar-refractivity contribution in [3.05, 3.63) is 126 Å². The molecule has 0 saturated carbocycles. The summed E-state index contributed by atoms with van der Waals surface area (Å²) in [6.45, 7) is 0. The molecule has 7 aromatic rings. The third-order valence-electron chi connectivity index (χ3n) is 11.3. The SMILES string of the molecule is COc1ccc(-c2c(-c3ccc(OC)c(OC)c3)c3c(-c4ccc(OC)c(OC)c4)c4nc(cc5ccc(cc6nc(cc2n3-c2ccc(OC)c(OC)c2)C=C6)[nH]5)C=C4)cc1OC. The Morgan fingerprint density at radius 3 is 1.31 bits per heavy atom. The number of hydrogen-bond acceptors (Lipinski definition) is 10. The summed E-state index contributed by atoms with van der Waals surface area (Å²) in [5.74, 6) is 4.51. The normalized spacial score (nSPS) is 11.6. The summed E-state index contributed by atoms with van der Waals surface area (Å²) < 4.78 is 49.3. The number of aromatic amines is 1. The van der Waals surface area contributed by atoms with Crippen molar-refractivity contribution in [3.63, 3.8) is 0 Å². The molecule has 12 heteroatoms. The number of ether oxygens (including phenoxy) is 8. The van der Waals surface area contributed by atoms with Gasteiger partial charge in [0, 0.05) is 33.8 Å². The molecule has 0 fully saturated rings. The Morgan fingerprint density at radius 1 is 0.375 bits per heavy atom. The Hall–Kier alpha value is -8.12. The highest BCUT2D eigenvalue weighted by molar-refractivity contribution is 6.11. The number of nitrogens with one attached hydrogen (secondary N) is 1. The van der Waals surface area contributed by atoms with E-state index in [2.05, 4.69) is 15.6 Å². The van der Waals surface area contributed by atoms with Crippen LogP contribution >= 0.6 is 0 Å². The molecular weight excluding hydrogens is 809 g/mol. The Bertz CT molecular complexity index is 3180. The van der Waals surface area contributed by atoms with Crippen LogP contribution in [0, 0.1) is 0 Å². The fourth-order valence-corrected chi connectivity index (χ4v) is 8.36. The second-order valence-corrected chi connectivity index (χ2v) is 14.8. The van der Waals surface area contributed by atoms with Crippen molar-refractivity contribution in [2.24, 2.45) is 0 Å². The molecule has 0 atom stereocenters. The van der Waals surface area contributed by atoms with E-state index < -0.39 is 0 Å². The molecule has 0 aliphatic carbocycles. The third kappa shape index (κ3) is 7.38. The molecule has 2 aliphatic rings. The van der Waals surface area contributed by atoms with Gasteiger partial charge in [0.25, 0.3) is 0 Å². The van der Waals surface area contributed by atoms with Crippen molar-refractivity contribution in [2.75, 3.05) is 56.9 Å². The predicted octanol–water partition coefficient (Wildman–Crippen LogP) is 11.2. The number of methoxy groups -OCH3 is 8. The molecule has 0 spiro atoms. The first-order valence-electron chi connectivity index (χ1n) is 20.4. The zero-order chi connectivity index (χ0) is 44.5. The highest BCUT2D eigenvalue weighted by Crippen LogP contribution is 2.50. The molecule has 8 bridgehead atoms. The van der Waals surface area contributed by atoms with Crippen LogP contribution in [0.4, 0.5) is 0 Å². The molecule has 0 radical (unpaired) electrons. The lowest BCUT2D eigenvalue weighted by Crippen LogP contribution is -2.00. The number of aromatic nitrogens is 4. The second-order valence-electron chi connectivity index (χ2n) is 14.8. The molecule has 0 saturated heterocycles. The number of benzene rings is 4. The third-order valence-corrected chi connectivity index (χ3v) is 11.3. The standard InChI is InChI=1S/C52H46N4O8/c1-57-41-19-9-30(23-45(41)61-5)49-39-18-16-36(55-39)27-35-13-12-33(53-35)26-34-14-15-37(54-34)28-40-50(31-10-20-42(58-2)46(24-31)62-6)51(32-11-21-43(59-3)47(25-32)63-7)52(49)56(40)38-17-22-44(60-4)48(29-38)64-8/h9-29,53H,1-8H3. The van der Waals surface area contributed by atoms with Crippen LogP contribution in [-0.4, -0.2) is 76.4 Å². The van der Waals surface area contributed by atoms with Gasteiger partial charge in [-0.2, -0.15) is 0 Å². The second kappa shape index (κ2) is 17.3. The van der Waals surface area contributed by atoms with Gasteiger partial charge in [-0.3, -0.25) is 0 Å². The lowest BCUT2D eigenvalue weighted by molar-refractivity contribution is 0.355. The molecule has 1 N–H and O–H groups in total. The van der Waals surface area contributed by atoms with Gasteiger partial charge in [0.15, 0.2) is 46.0 Å². The summed E-state index contributed by atoms with van der Waals surface area (Å²) in [4.78, 5) is 14.0. The fraction of sp³-hybridized carbons (Fsp3) is 0.154. The molecule has 0 unspecified atom stereocenters. The maximum Gasteiger partial charge on any atom is 0.162 e. The molecular formula is C52H46N4O8. The van der Waals surface area contributed by atoms with Crippen LogP contribution in [0.25, 0.3) is 85.4 Å². The monoisotopic (exact) mass is 854 g/mol. The van der Waals surface area contributed by atoms with Crippen LogP contribution in [0.3, 0.4) is 0 Å². The topological polar surface area (TPSA) is 120 Å². The number of fused-ring (bicyclic) bond motifs is 8. The van der Waals surface area contributed by atoms with Gasteiger partial charge in [0.1, 0.15) is 0 Å². The first-order valence-corrected chi connectivity index (χ1v) is 20.4. The summed E-state index contributed by atoms with van der Waals surface area (Å²) in [7, 11) is 13.0. The Morgan fingerprint density at radius 2 is 0.797 bits per heavy atom. The lowest BCUT2D eigenvalue weighted by atomic mass is 9.92. The Kier molecular flexibility index (Phi) is 11.2. The van der Waals surface area contributed by atoms with Crippen LogP contribution in [-0.2, 0) is 0 Å². The average molecular weight is 855 g/mol. The van der Waals surface area contributed by atoms with Gasteiger partial charge in [0.2, 0.25) is 0 Å². The predicted molar refractivity (Wildman–Crippen MR) is 253 cm³/mol. The van der Waals surface area contributed by atoms with E-state index in [1.807, 2.05) is 121 Å². The van der Waals surface area contributed by atoms with E-state index in [1.165, 1.54) is 0 Å². The van der Waals surface area contributed by atoms with Crippen molar-refractivity contribution >= 4 is 46.4 Å². The van der Waals surface area contributed by atoms with Crippen molar-refractivity contribution in [3.8, 4) is 85.1 Å². The minimum Gasteiger partial charge on any atom is -0.493 e. The minimum atomic E-state index is 0.539. The van der Waals surface area contributed by atoms with E-state index in [4.69, 9.17) is 47.9 Å². The van der Waals surface area contributed by atoms with E-state index in [-0.39, 0.29) is 0 Å². The van der Waals surface area contributed by atoms with E-state index in [1.54, 1.807) is 56.9 Å². The molecule has 12 nitrogen and oxygen atoms in total. The Labute approximate surface area is 370 Å². The van der Waals surface area contributed by atoms with Crippen LogP contribution in [0.1, 0.15) is 22.8 Å². The van der Waals surface area contributed by atoms with Gasteiger partial charge in [-0.1, -0.05) is 18.2 Å². The number of nitrogens with zero attached hydrogens (tertiary/aromatic N) is 3. The highest BCUT2D eigenvalue weighted by Gasteiger charge is 2.28. The van der Waals surface area contributed by atoms with Crippen molar-refractivity contribution in [2.45, 2.75) is 0 Å². The summed E-state index contributed by atoms with van der Waals surface area (Å²) >= 11 is 0. The molecule has 322 valence electrons. The maximum absolute atomic E-state index is 6.00. The zero-order valence-electron chi connectivity index (χ0n) is 36.7. The molecule has 5 heterocycles. The van der Waals surface area contributed by atoms with Crippen LogP contribution in [0.2, 0.25) is 0 Å². The smallest absolute Gasteiger partial charge is 0.162 e. The first-order chi connectivity index (χ1) is 31.3. The number of rotatable bonds is 12. The van der Waals surface area contributed by atoms with Gasteiger partial charge in [-0.15, -0.1) is 0 Å². The molecule has 64 heavy (non-hydrogen) atoms. The minimum absolute atomic E-state index is 0.539. The van der Waals surface area contributed by atoms with E-state index in [9.17, 15) is 0 Å². The van der Waals surface area contributed by atoms with Crippen LogP contribution in [0.5, 0.6) is 46.0 Å².